The van der Waals surface area contributed by atoms with E-state index < -0.39 is 0 Å². The summed E-state index contributed by atoms with van der Waals surface area (Å²) in [6.07, 6.45) is 4.74. The largest absolute Gasteiger partial charge is 0.355 e. The van der Waals surface area contributed by atoms with E-state index in [-0.39, 0.29) is 5.91 Å². The van der Waals surface area contributed by atoms with Gasteiger partial charge in [0.05, 0.1) is 13.1 Å². The maximum Gasteiger partial charge on any atom is 0.234 e. The number of carbonyl (C=O) groups excluding carboxylic acids is 1. The fourth-order valence-corrected chi connectivity index (χ4v) is 3.60. The molecule has 1 saturated heterocycles. The van der Waals surface area contributed by atoms with Crippen LogP contribution in [0.3, 0.4) is 0 Å². The Morgan fingerprint density at radius 1 is 1.29 bits per heavy atom. The average molecular weight is 347 g/mol. The molecule has 2 aromatic rings. The van der Waals surface area contributed by atoms with Crippen LogP contribution in [-0.4, -0.2) is 64.5 Å². The zero-order valence-electron chi connectivity index (χ0n) is 14.1. The number of hydrogen-bond donors (Lipinski definition) is 1. The maximum atomic E-state index is 12.0. The molecule has 0 radical (unpaired) electrons. The molecule has 1 fully saturated rings. The highest BCUT2D eigenvalue weighted by atomic mass is 32.1. The van der Waals surface area contributed by atoms with Crippen LogP contribution >= 0.6 is 11.3 Å². The molecule has 6 nitrogen and oxygen atoms in total. The highest BCUT2D eigenvalue weighted by Gasteiger charge is 2.19. The molecule has 130 valence electrons. The van der Waals surface area contributed by atoms with Crippen LogP contribution in [0.15, 0.2) is 29.9 Å². The monoisotopic (exact) mass is 347 g/mol. The minimum atomic E-state index is 0.129. The molecule has 1 aliphatic rings. The summed E-state index contributed by atoms with van der Waals surface area (Å²) in [7, 11) is 2.03. The second kappa shape index (κ2) is 8.41. The standard InChI is InChI=1S/C17H25N5OS/c1-20-7-6-18-16(20)13-21-8-10-22(11-9-21)14-17(23)19-5-4-15-3-2-12-24-15/h2-3,6-7,12H,4-5,8-11,13-14H2,1H3,(H,19,23). The zero-order valence-corrected chi connectivity index (χ0v) is 15.0. The fourth-order valence-electron chi connectivity index (χ4n) is 2.89. The lowest BCUT2D eigenvalue weighted by atomic mass is 10.3. The van der Waals surface area contributed by atoms with E-state index in [1.165, 1.54) is 4.88 Å². The van der Waals surface area contributed by atoms with Crippen molar-refractivity contribution in [3.05, 3.63) is 40.6 Å². The minimum absolute atomic E-state index is 0.129. The van der Waals surface area contributed by atoms with Gasteiger partial charge in [0.1, 0.15) is 5.82 Å². The zero-order chi connectivity index (χ0) is 16.8. The van der Waals surface area contributed by atoms with Gasteiger partial charge >= 0.3 is 0 Å². The number of nitrogens with zero attached hydrogens (tertiary/aromatic N) is 4. The number of nitrogens with one attached hydrogen (secondary N) is 1. The molecular formula is C17H25N5OS. The second-order valence-electron chi connectivity index (χ2n) is 6.19. The van der Waals surface area contributed by atoms with Gasteiger partial charge in [-0.1, -0.05) is 6.07 Å². The molecule has 0 aromatic carbocycles. The van der Waals surface area contributed by atoms with Gasteiger partial charge in [0.2, 0.25) is 5.91 Å². The third-order valence-corrected chi connectivity index (χ3v) is 5.33. The summed E-state index contributed by atoms with van der Waals surface area (Å²) >= 11 is 1.74. The molecule has 0 atom stereocenters. The van der Waals surface area contributed by atoms with Crippen molar-refractivity contribution in [3.63, 3.8) is 0 Å². The van der Waals surface area contributed by atoms with E-state index in [0.29, 0.717) is 6.54 Å². The summed E-state index contributed by atoms with van der Waals surface area (Å²) in [5, 5.41) is 5.09. The number of aryl methyl sites for hydroxylation is 1. The third-order valence-electron chi connectivity index (χ3n) is 4.39. The SMILES string of the molecule is Cn1ccnc1CN1CCN(CC(=O)NCCc2cccs2)CC1. The van der Waals surface area contributed by atoms with Gasteiger partial charge in [0, 0.05) is 57.0 Å². The van der Waals surface area contributed by atoms with E-state index in [1.54, 1.807) is 11.3 Å². The van der Waals surface area contributed by atoms with Crippen LogP contribution in [-0.2, 0) is 24.8 Å². The highest BCUT2D eigenvalue weighted by Crippen LogP contribution is 2.08. The molecule has 2 aromatic heterocycles. The number of rotatable bonds is 7. The molecule has 3 heterocycles. The first kappa shape index (κ1) is 17.1. The number of carbonyl (C=O) groups is 1. The van der Waals surface area contributed by atoms with Crippen molar-refractivity contribution in [2.24, 2.45) is 7.05 Å². The number of amides is 1. The van der Waals surface area contributed by atoms with Crippen LogP contribution in [0.4, 0.5) is 0 Å². The summed E-state index contributed by atoms with van der Waals surface area (Å²) in [6, 6.07) is 4.16. The maximum absolute atomic E-state index is 12.0. The minimum Gasteiger partial charge on any atom is -0.355 e. The van der Waals surface area contributed by atoms with Crippen LogP contribution in [0.2, 0.25) is 0 Å². The van der Waals surface area contributed by atoms with Crippen molar-refractivity contribution in [1.29, 1.82) is 0 Å². The van der Waals surface area contributed by atoms with Crippen molar-refractivity contribution >= 4 is 17.2 Å². The number of aromatic nitrogens is 2. The molecule has 0 spiro atoms. The Kier molecular flexibility index (Phi) is 6.01. The van der Waals surface area contributed by atoms with E-state index in [2.05, 4.69) is 36.1 Å². The van der Waals surface area contributed by atoms with E-state index in [4.69, 9.17) is 0 Å². The summed E-state index contributed by atoms with van der Waals surface area (Å²) in [6.45, 7) is 5.93. The van der Waals surface area contributed by atoms with Crippen LogP contribution in [0.1, 0.15) is 10.7 Å². The Labute approximate surface area is 147 Å². The van der Waals surface area contributed by atoms with E-state index >= 15 is 0 Å². The van der Waals surface area contributed by atoms with Gasteiger partial charge < -0.3 is 9.88 Å². The number of thiophene rings is 1. The first-order chi connectivity index (χ1) is 11.7. The Morgan fingerprint density at radius 3 is 2.75 bits per heavy atom. The normalized spacial score (nSPS) is 16.4. The molecule has 1 amide bonds. The highest BCUT2D eigenvalue weighted by molar-refractivity contribution is 7.09. The number of piperazine rings is 1. The molecule has 0 unspecified atom stereocenters. The number of imidazole rings is 1. The lowest BCUT2D eigenvalue weighted by Crippen LogP contribution is -2.49. The third kappa shape index (κ3) is 4.90. The summed E-state index contributed by atoms with van der Waals surface area (Å²) in [4.78, 5) is 22.4. The van der Waals surface area contributed by atoms with E-state index in [9.17, 15) is 4.79 Å². The second-order valence-corrected chi connectivity index (χ2v) is 7.22. The molecule has 3 rings (SSSR count). The quantitative estimate of drug-likeness (QED) is 0.811. The topological polar surface area (TPSA) is 53.4 Å². The molecule has 0 saturated carbocycles. The van der Waals surface area contributed by atoms with Crippen LogP contribution in [0, 0.1) is 0 Å². The Balaban J connectivity index is 1.33. The van der Waals surface area contributed by atoms with Gasteiger partial charge in [0.25, 0.3) is 0 Å². The Morgan fingerprint density at radius 2 is 2.08 bits per heavy atom. The van der Waals surface area contributed by atoms with Crippen molar-refractivity contribution < 1.29 is 4.79 Å². The van der Waals surface area contributed by atoms with Gasteiger partial charge in [0.15, 0.2) is 0 Å². The van der Waals surface area contributed by atoms with Gasteiger partial charge in [-0.25, -0.2) is 4.98 Å². The molecule has 0 bridgehead atoms. The number of hydrogen-bond acceptors (Lipinski definition) is 5. The molecule has 1 aliphatic heterocycles. The fraction of sp³-hybridized carbons (Fsp3) is 0.529. The van der Waals surface area contributed by atoms with Crippen molar-refractivity contribution in [1.82, 2.24) is 24.7 Å². The summed E-state index contributed by atoms with van der Waals surface area (Å²) in [5.41, 5.74) is 0. The lowest BCUT2D eigenvalue weighted by Gasteiger charge is -2.34. The van der Waals surface area contributed by atoms with Gasteiger partial charge in [-0.05, 0) is 17.9 Å². The molecule has 0 aliphatic carbocycles. The predicted molar refractivity (Wildman–Crippen MR) is 96.0 cm³/mol. The Bertz CT molecular complexity index is 631. The summed E-state index contributed by atoms with van der Waals surface area (Å²) in [5.74, 6) is 1.22. The average Bonchev–Trinajstić information content (AvgIpc) is 3.22. The van der Waals surface area contributed by atoms with Crippen molar-refractivity contribution in [2.75, 3.05) is 39.3 Å². The van der Waals surface area contributed by atoms with Crippen LogP contribution in [0.25, 0.3) is 0 Å². The molecular weight excluding hydrogens is 322 g/mol. The Hall–Kier alpha value is -1.70. The summed E-state index contributed by atoms with van der Waals surface area (Å²) < 4.78 is 2.06. The first-order valence-corrected chi connectivity index (χ1v) is 9.28. The van der Waals surface area contributed by atoms with Crippen LogP contribution < -0.4 is 5.32 Å². The van der Waals surface area contributed by atoms with Gasteiger partial charge in [-0.3, -0.25) is 14.6 Å². The van der Waals surface area contributed by atoms with Crippen LogP contribution in [0.5, 0.6) is 0 Å². The first-order valence-electron chi connectivity index (χ1n) is 8.41. The predicted octanol–water partition coefficient (Wildman–Crippen LogP) is 0.958. The van der Waals surface area contributed by atoms with E-state index in [1.807, 2.05) is 25.5 Å². The van der Waals surface area contributed by atoms with Gasteiger partial charge in [-0.2, -0.15) is 0 Å². The molecule has 7 heteroatoms. The molecule has 1 N–H and O–H groups in total. The van der Waals surface area contributed by atoms with E-state index in [0.717, 1.165) is 51.5 Å². The molecule has 24 heavy (non-hydrogen) atoms. The van der Waals surface area contributed by atoms with Gasteiger partial charge in [-0.15, -0.1) is 11.3 Å². The lowest BCUT2D eigenvalue weighted by molar-refractivity contribution is -0.122. The van der Waals surface area contributed by atoms with Crippen molar-refractivity contribution in [2.45, 2.75) is 13.0 Å². The van der Waals surface area contributed by atoms with Crippen molar-refractivity contribution in [3.8, 4) is 0 Å². The smallest absolute Gasteiger partial charge is 0.234 e.